The second-order valence-electron chi connectivity index (χ2n) is 4.86. The van der Waals surface area contributed by atoms with Gasteiger partial charge in [0.25, 0.3) is 0 Å². The van der Waals surface area contributed by atoms with Crippen molar-refractivity contribution in [2.45, 2.75) is 32.8 Å². The lowest BCUT2D eigenvalue weighted by molar-refractivity contribution is -0.661. The van der Waals surface area contributed by atoms with Gasteiger partial charge in [-0.2, -0.15) is 0 Å². The van der Waals surface area contributed by atoms with Crippen molar-refractivity contribution in [2.75, 3.05) is 19.7 Å². The fourth-order valence-electron chi connectivity index (χ4n) is 1.69. The van der Waals surface area contributed by atoms with E-state index in [1.165, 1.54) is 0 Å². The molecule has 4 nitrogen and oxygen atoms in total. The molecule has 106 valence electrons. The highest BCUT2D eigenvalue weighted by molar-refractivity contribution is 5.75. The number of benzene rings is 1. The standard InChI is InChI=1S/C15H23NO3/c1-12(17)3-4-14-5-7-15(8-6-14)19-10-9-16-11-13(2)18/h5-8,13,16,18H,3-4,9-11H2,1-2H3/p+1/t13-/m1/s1. The molecule has 4 heteroatoms. The summed E-state index contributed by atoms with van der Waals surface area (Å²) in [5.41, 5.74) is 1.16. The maximum atomic E-state index is 10.9. The maximum Gasteiger partial charge on any atom is 0.137 e. The van der Waals surface area contributed by atoms with Gasteiger partial charge in [0.05, 0.1) is 6.10 Å². The van der Waals surface area contributed by atoms with E-state index in [9.17, 15) is 4.79 Å². The number of aliphatic hydroxyl groups is 1. The molecule has 0 fully saturated rings. The summed E-state index contributed by atoms with van der Waals surface area (Å²) in [7, 11) is 0. The average Bonchev–Trinajstić information content (AvgIpc) is 2.37. The van der Waals surface area contributed by atoms with Gasteiger partial charge in [0.2, 0.25) is 0 Å². The van der Waals surface area contributed by atoms with Crippen LogP contribution in [-0.4, -0.2) is 36.7 Å². The summed E-state index contributed by atoms with van der Waals surface area (Å²) < 4.78 is 5.59. The van der Waals surface area contributed by atoms with Crippen molar-refractivity contribution >= 4 is 5.78 Å². The van der Waals surface area contributed by atoms with Gasteiger partial charge in [0, 0.05) is 6.42 Å². The minimum absolute atomic E-state index is 0.217. The minimum atomic E-state index is -0.277. The van der Waals surface area contributed by atoms with E-state index >= 15 is 0 Å². The van der Waals surface area contributed by atoms with Gasteiger partial charge in [0.15, 0.2) is 0 Å². The Kier molecular flexibility index (Phi) is 7.15. The van der Waals surface area contributed by atoms with Gasteiger partial charge in [-0.1, -0.05) is 12.1 Å². The first-order chi connectivity index (χ1) is 9.08. The molecule has 0 bridgehead atoms. The van der Waals surface area contributed by atoms with Crippen molar-refractivity contribution in [1.82, 2.24) is 0 Å². The molecule has 1 aromatic rings. The van der Waals surface area contributed by atoms with Gasteiger partial charge >= 0.3 is 0 Å². The Bertz CT molecular complexity index is 373. The predicted octanol–water partition coefficient (Wildman–Crippen LogP) is 0.531. The van der Waals surface area contributed by atoms with Crippen LogP contribution in [0.4, 0.5) is 0 Å². The number of aryl methyl sites for hydroxylation is 1. The average molecular weight is 266 g/mol. The molecular formula is C15H24NO3+. The first-order valence-electron chi connectivity index (χ1n) is 6.79. The molecule has 0 unspecified atom stereocenters. The molecule has 0 amide bonds. The zero-order valence-electron chi connectivity index (χ0n) is 11.8. The molecule has 3 N–H and O–H groups in total. The molecule has 0 aliphatic carbocycles. The zero-order valence-corrected chi connectivity index (χ0v) is 11.8. The third-order valence-corrected chi connectivity index (χ3v) is 2.79. The van der Waals surface area contributed by atoms with Crippen LogP contribution in [0.15, 0.2) is 24.3 Å². The van der Waals surface area contributed by atoms with Crippen LogP contribution >= 0.6 is 0 Å². The van der Waals surface area contributed by atoms with Crippen LogP contribution in [0.1, 0.15) is 25.8 Å². The van der Waals surface area contributed by atoms with Crippen molar-refractivity contribution in [3.05, 3.63) is 29.8 Å². The topological polar surface area (TPSA) is 63.1 Å². The Morgan fingerprint density at radius 1 is 1.37 bits per heavy atom. The van der Waals surface area contributed by atoms with Crippen molar-refractivity contribution in [2.24, 2.45) is 0 Å². The molecule has 0 saturated carbocycles. The summed E-state index contributed by atoms with van der Waals surface area (Å²) in [5, 5.41) is 11.1. The van der Waals surface area contributed by atoms with Gasteiger partial charge in [-0.05, 0) is 38.0 Å². The number of quaternary nitrogens is 1. The molecule has 0 saturated heterocycles. The van der Waals surface area contributed by atoms with E-state index in [2.05, 4.69) is 0 Å². The number of carbonyl (C=O) groups excluding carboxylic acids is 1. The number of ether oxygens (including phenoxy) is 1. The summed E-state index contributed by atoms with van der Waals surface area (Å²) >= 11 is 0. The van der Waals surface area contributed by atoms with E-state index in [0.29, 0.717) is 19.6 Å². The monoisotopic (exact) mass is 266 g/mol. The van der Waals surface area contributed by atoms with E-state index in [0.717, 1.165) is 24.3 Å². The Morgan fingerprint density at radius 2 is 2.05 bits per heavy atom. The highest BCUT2D eigenvalue weighted by Crippen LogP contribution is 2.13. The third kappa shape index (κ3) is 7.59. The van der Waals surface area contributed by atoms with Gasteiger partial charge in [-0.15, -0.1) is 0 Å². The summed E-state index contributed by atoms with van der Waals surface area (Å²) in [6, 6.07) is 7.86. The Labute approximate surface area is 114 Å². The fourth-order valence-corrected chi connectivity index (χ4v) is 1.69. The van der Waals surface area contributed by atoms with Crippen LogP contribution in [0.5, 0.6) is 5.75 Å². The molecule has 1 aromatic carbocycles. The van der Waals surface area contributed by atoms with E-state index < -0.39 is 0 Å². The summed E-state index contributed by atoms with van der Waals surface area (Å²) in [4.78, 5) is 10.9. The largest absolute Gasteiger partial charge is 0.488 e. The fraction of sp³-hybridized carbons (Fsp3) is 0.533. The second kappa shape index (κ2) is 8.67. The lowest BCUT2D eigenvalue weighted by atomic mass is 10.1. The highest BCUT2D eigenvalue weighted by Gasteiger charge is 2.00. The Hall–Kier alpha value is -1.39. The number of carbonyl (C=O) groups is 1. The van der Waals surface area contributed by atoms with Crippen LogP contribution in [0.2, 0.25) is 0 Å². The van der Waals surface area contributed by atoms with Gasteiger partial charge in [-0.3, -0.25) is 0 Å². The van der Waals surface area contributed by atoms with Crippen molar-refractivity contribution in [1.29, 1.82) is 0 Å². The Morgan fingerprint density at radius 3 is 2.63 bits per heavy atom. The predicted molar refractivity (Wildman–Crippen MR) is 74.3 cm³/mol. The SMILES string of the molecule is CC(=O)CCc1ccc(OCC[NH2+]C[C@@H](C)O)cc1. The first-order valence-corrected chi connectivity index (χ1v) is 6.79. The second-order valence-corrected chi connectivity index (χ2v) is 4.86. The zero-order chi connectivity index (χ0) is 14.1. The highest BCUT2D eigenvalue weighted by atomic mass is 16.5. The molecule has 0 radical (unpaired) electrons. The molecule has 0 aromatic heterocycles. The molecule has 0 heterocycles. The van der Waals surface area contributed by atoms with Crippen molar-refractivity contribution in [3.8, 4) is 5.75 Å². The van der Waals surface area contributed by atoms with Gasteiger partial charge in [-0.25, -0.2) is 0 Å². The number of aliphatic hydroxyl groups excluding tert-OH is 1. The van der Waals surface area contributed by atoms with E-state index in [1.807, 2.05) is 29.6 Å². The number of ketones is 1. The van der Waals surface area contributed by atoms with Crippen LogP contribution < -0.4 is 10.1 Å². The smallest absolute Gasteiger partial charge is 0.137 e. The summed E-state index contributed by atoms with van der Waals surface area (Å²) in [6.07, 6.45) is 1.10. The summed E-state index contributed by atoms with van der Waals surface area (Å²) in [6.45, 7) is 5.54. The van der Waals surface area contributed by atoms with Crippen LogP contribution in [-0.2, 0) is 11.2 Å². The van der Waals surface area contributed by atoms with Crippen LogP contribution in [0.25, 0.3) is 0 Å². The first kappa shape index (κ1) is 15.7. The van der Waals surface area contributed by atoms with Crippen LogP contribution in [0.3, 0.4) is 0 Å². The summed E-state index contributed by atoms with van der Waals surface area (Å²) in [5.74, 6) is 1.06. The number of nitrogens with two attached hydrogens (primary N) is 1. The van der Waals surface area contributed by atoms with Crippen molar-refractivity contribution < 1.29 is 20.0 Å². The van der Waals surface area contributed by atoms with E-state index in [-0.39, 0.29) is 11.9 Å². The molecular weight excluding hydrogens is 242 g/mol. The maximum absolute atomic E-state index is 10.9. The molecule has 0 aliphatic rings. The lowest BCUT2D eigenvalue weighted by Crippen LogP contribution is -2.87. The van der Waals surface area contributed by atoms with Gasteiger partial charge in [0.1, 0.15) is 31.2 Å². The van der Waals surface area contributed by atoms with E-state index in [4.69, 9.17) is 9.84 Å². The number of rotatable bonds is 9. The normalized spacial score (nSPS) is 12.2. The van der Waals surface area contributed by atoms with Crippen molar-refractivity contribution in [3.63, 3.8) is 0 Å². The molecule has 1 rings (SSSR count). The number of hydrogen-bond acceptors (Lipinski definition) is 3. The Balaban J connectivity index is 2.22. The van der Waals surface area contributed by atoms with Gasteiger partial charge < -0.3 is 20.0 Å². The van der Waals surface area contributed by atoms with E-state index in [1.54, 1.807) is 13.8 Å². The van der Waals surface area contributed by atoms with Crippen LogP contribution in [0, 0.1) is 0 Å². The minimum Gasteiger partial charge on any atom is -0.488 e. The quantitative estimate of drug-likeness (QED) is 0.641. The lowest BCUT2D eigenvalue weighted by Gasteiger charge is -2.07. The third-order valence-electron chi connectivity index (χ3n) is 2.79. The molecule has 0 spiro atoms. The molecule has 0 aliphatic heterocycles. The number of hydrogen-bond donors (Lipinski definition) is 2. The molecule has 1 atom stereocenters. The molecule has 19 heavy (non-hydrogen) atoms. The number of Topliss-reactive ketones (excluding diaryl/α,β-unsaturated/α-hetero) is 1.